The van der Waals surface area contributed by atoms with E-state index in [1.807, 2.05) is 37.3 Å². The molecular weight excluding hydrogens is 358 g/mol. The molecule has 2 aromatic rings. The third-order valence-electron chi connectivity index (χ3n) is 5.03. The van der Waals surface area contributed by atoms with Gasteiger partial charge in [-0.1, -0.05) is 30.3 Å². The van der Waals surface area contributed by atoms with E-state index in [0.717, 1.165) is 16.0 Å². The lowest BCUT2D eigenvalue weighted by molar-refractivity contribution is -0.158. The molecule has 148 valence electrons. The predicted octanol–water partition coefficient (Wildman–Crippen LogP) is 1.44. The third kappa shape index (κ3) is 3.97. The second-order valence-corrected chi connectivity index (χ2v) is 6.88. The molecule has 1 aromatic carbocycles. The number of rotatable bonds is 6. The summed E-state index contributed by atoms with van der Waals surface area (Å²) in [6.45, 7) is 1.86. The Hall–Kier alpha value is -2.97. The van der Waals surface area contributed by atoms with Crippen LogP contribution in [0.3, 0.4) is 0 Å². The SMILES string of the molecule is COC(N)C1[C@@H](Cc2ccnc(N)c2)C(=O)N1C(=O)NC(C)c1ccccc1. The Labute approximate surface area is 163 Å². The standard InChI is InChI=1S/C20H25N5O3/c1-12(14-6-4-3-5-7-14)24-20(27)25-17(18(22)28-2)15(19(25)26)10-13-8-9-23-16(21)11-13/h3-9,11-12,15,17-18H,10,22H2,1-2H3,(H2,21,23)(H,24,27)/t12?,15-,17?,18?/m1/s1. The molecule has 0 spiro atoms. The summed E-state index contributed by atoms with van der Waals surface area (Å²) in [7, 11) is 1.46. The fourth-order valence-electron chi connectivity index (χ4n) is 3.48. The number of β-lactam (4-membered cyclic amide) rings is 1. The van der Waals surface area contributed by atoms with Crippen LogP contribution in [0.25, 0.3) is 0 Å². The highest BCUT2D eigenvalue weighted by Gasteiger charge is 2.53. The number of aromatic nitrogens is 1. The molecule has 0 aliphatic carbocycles. The van der Waals surface area contributed by atoms with E-state index < -0.39 is 24.2 Å². The Morgan fingerprint density at radius 2 is 2.04 bits per heavy atom. The summed E-state index contributed by atoms with van der Waals surface area (Å²) in [6, 6.07) is 11.7. The molecule has 1 fully saturated rings. The smallest absolute Gasteiger partial charge is 0.325 e. The number of amides is 3. The first-order valence-electron chi connectivity index (χ1n) is 9.09. The van der Waals surface area contributed by atoms with Crippen LogP contribution in [-0.2, 0) is 16.0 Å². The third-order valence-corrected chi connectivity index (χ3v) is 5.03. The van der Waals surface area contributed by atoms with Gasteiger partial charge in [0, 0.05) is 13.3 Å². The monoisotopic (exact) mass is 383 g/mol. The maximum absolute atomic E-state index is 12.8. The van der Waals surface area contributed by atoms with Crippen LogP contribution in [0, 0.1) is 5.92 Å². The lowest BCUT2D eigenvalue weighted by atomic mass is 9.81. The van der Waals surface area contributed by atoms with E-state index in [0.29, 0.717) is 12.2 Å². The number of hydrogen-bond donors (Lipinski definition) is 3. The summed E-state index contributed by atoms with van der Waals surface area (Å²) in [5.41, 5.74) is 13.6. The van der Waals surface area contributed by atoms with E-state index in [4.69, 9.17) is 16.2 Å². The number of ether oxygens (including phenoxy) is 1. The summed E-state index contributed by atoms with van der Waals surface area (Å²) < 4.78 is 5.23. The molecule has 1 saturated heterocycles. The topological polar surface area (TPSA) is 124 Å². The number of benzene rings is 1. The molecule has 2 heterocycles. The van der Waals surface area contributed by atoms with E-state index in [1.54, 1.807) is 18.3 Å². The van der Waals surface area contributed by atoms with E-state index >= 15 is 0 Å². The molecule has 8 heteroatoms. The summed E-state index contributed by atoms with van der Waals surface area (Å²) in [5.74, 6) is -0.372. The van der Waals surface area contributed by atoms with Crippen LogP contribution < -0.4 is 16.8 Å². The molecule has 1 aliphatic rings. The van der Waals surface area contributed by atoms with Crippen molar-refractivity contribution in [3.63, 3.8) is 0 Å². The molecule has 3 amide bonds. The number of nitrogens with two attached hydrogens (primary N) is 2. The van der Waals surface area contributed by atoms with Gasteiger partial charge in [0.25, 0.3) is 0 Å². The largest absolute Gasteiger partial charge is 0.384 e. The fourth-order valence-corrected chi connectivity index (χ4v) is 3.48. The average Bonchev–Trinajstić information content (AvgIpc) is 2.70. The number of hydrogen-bond acceptors (Lipinski definition) is 6. The van der Waals surface area contributed by atoms with Gasteiger partial charge in [0.2, 0.25) is 5.91 Å². The minimum Gasteiger partial charge on any atom is -0.384 e. The summed E-state index contributed by atoms with van der Waals surface area (Å²) >= 11 is 0. The van der Waals surface area contributed by atoms with Gasteiger partial charge in [0.05, 0.1) is 18.0 Å². The van der Waals surface area contributed by atoms with E-state index in [2.05, 4.69) is 10.3 Å². The van der Waals surface area contributed by atoms with Crippen LogP contribution in [-0.4, -0.2) is 41.2 Å². The Bertz CT molecular complexity index is 845. The van der Waals surface area contributed by atoms with Gasteiger partial charge in [-0.2, -0.15) is 0 Å². The van der Waals surface area contributed by atoms with E-state index in [1.165, 1.54) is 7.11 Å². The summed E-state index contributed by atoms with van der Waals surface area (Å²) in [6.07, 6.45) is 1.22. The number of nitrogens with zero attached hydrogens (tertiary/aromatic N) is 2. The fraction of sp³-hybridized carbons (Fsp3) is 0.350. The Balaban J connectivity index is 1.73. The Morgan fingerprint density at radius 1 is 1.32 bits per heavy atom. The van der Waals surface area contributed by atoms with Gasteiger partial charge in [-0.05, 0) is 36.6 Å². The van der Waals surface area contributed by atoms with Crippen LogP contribution in [0.4, 0.5) is 10.6 Å². The molecule has 28 heavy (non-hydrogen) atoms. The molecule has 0 bridgehead atoms. The van der Waals surface area contributed by atoms with Gasteiger partial charge in [-0.25, -0.2) is 9.78 Å². The quantitative estimate of drug-likeness (QED) is 0.512. The second-order valence-electron chi connectivity index (χ2n) is 6.88. The van der Waals surface area contributed by atoms with Gasteiger partial charge in [0.1, 0.15) is 12.0 Å². The normalized spacial score (nSPS) is 21.0. The number of pyridine rings is 1. The zero-order valence-corrected chi connectivity index (χ0v) is 15.9. The van der Waals surface area contributed by atoms with Crippen molar-refractivity contribution >= 4 is 17.8 Å². The molecule has 1 aromatic heterocycles. The average molecular weight is 383 g/mol. The number of nitrogens with one attached hydrogen (secondary N) is 1. The molecule has 3 rings (SSSR count). The van der Waals surface area contributed by atoms with Gasteiger partial charge >= 0.3 is 6.03 Å². The molecule has 8 nitrogen and oxygen atoms in total. The number of carbonyl (C=O) groups excluding carboxylic acids is 2. The first-order valence-corrected chi connectivity index (χ1v) is 9.09. The second kappa shape index (κ2) is 8.37. The van der Waals surface area contributed by atoms with Crippen molar-refractivity contribution < 1.29 is 14.3 Å². The highest BCUT2D eigenvalue weighted by molar-refractivity contribution is 6.01. The molecule has 5 N–H and O–H groups in total. The number of anilines is 1. The van der Waals surface area contributed by atoms with Crippen molar-refractivity contribution in [2.24, 2.45) is 11.7 Å². The minimum absolute atomic E-state index is 0.250. The maximum Gasteiger partial charge on any atom is 0.325 e. The van der Waals surface area contributed by atoms with Crippen molar-refractivity contribution in [2.45, 2.75) is 31.7 Å². The Kier molecular flexibility index (Phi) is 5.91. The maximum atomic E-state index is 12.8. The first kappa shape index (κ1) is 19.8. The van der Waals surface area contributed by atoms with Crippen molar-refractivity contribution in [1.82, 2.24) is 15.2 Å². The van der Waals surface area contributed by atoms with E-state index in [-0.39, 0.29) is 11.9 Å². The van der Waals surface area contributed by atoms with E-state index in [9.17, 15) is 9.59 Å². The van der Waals surface area contributed by atoms with Crippen molar-refractivity contribution in [2.75, 3.05) is 12.8 Å². The van der Waals surface area contributed by atoms with Gasteiger partial charge in [-0.3, -0.25) is 9.69 Å². The number of urea groups is 1. The van der Waals surface area contributed by atoms with Crippen molar-refractivity contribution in [1.29, 1.82) is 0 Å². The zero-order valence-electron chi connectivity index (χ0n) is 15.9. The predicted molar refractivity (Wildman–Crippen MR) is 105 cm³/mol. The van der Waals surface area contributed by atoms with Crippen LogP contribution in [0.15, 0.2) is 48.7 Å². The van der Waals surface area contributed by atoms with Gasteiger partial charge in [-0.15, -0.1) is 0 Å². The number of carbonyl (C=O) groups is 2. The zero-order chi connectivity index (χ0) is 20.3. The number of imide groups is 1. The van der Waals surface area contributed by atoms with Crippen LogP contribution in [0.2, 0.25) is 0 Å². The number of likely N-dealkylation sites (tertiary alicyclic amines) is 1. The summed E-state index contributed by atoms with van der Waals surface area (Å²) in [4.78, 5) is 30.6. The molecule has 0 radical (unpaired) electrons. The Morgan fingerprint density at radius 3 is 2.68 bits per heavy atom. The van der Waals surface area contributed by atoms with Crippen LogP contribution >= 0.6 is 0 Å². The van der Waals surface area contributed by atoms with Crippen LogP contribution in [0.5, 0.6) is 0 Å². The lowest BCUT2D eigenvalue weighted by Gasteiger charge is -2.47. The van der Waals surface area contributed by atoms with Crippen molar-refractivity contribution in [3.05, 3.63) is 59.8 Å². The highest BCUT2D eigenvalue weighted by atomic mass is 16.5. The molecule has 1 aliphatic heterocycles. The van der Waals surface area contributed by atoms with Gasteiger partial charge in [0.15, 0.2) is 0 Å². The lowest BCUT2D eigenvalue weighted by Crippen LogP contribution is -2.71. The minimum atomic E-state index is -0.778. The van der Waals surface area contributed by atoms with Crippen molar-refractivity contribution in [3.8, 4) is 0 Å². The van der Waals surface area contributed by atoms with Crippen LogP contribution in [0.1, 0.15) is 24.1 Å². The highest BCUT2D eigenvalue weighted by Crippen LogP contribution is 2.32. The molecular formula is C20H25N5O3. The van der Waals surface area contributed by atoms with Gasteiger partial charge < -0.3 is 21.5 Å². The number of methoxy groups -OCH3 is 1. The summed E-state index contributed by atoms with van der Waals surface area (Å²) in [5, 5.41) is 2.86. The molecule has 4 atom stereocenters. The molecule has 0 saturated carbocycles. The molecule has 3 unspecified atom stereocenters. The number of nitrogen functional groups attached to an aromatic ring is 1. The first-order chi connectivity index (χ1) is 13.4.